The average molecular weight is 1740 g/mol. The molecular formula is C75H81Cl3FN13O16S6. The number of halogens is 4. The van der Waals surface area contributed by atoms with E-state index in [1.165, 1.54) is 82.7 Å². The molecule has 12 N–H and O–H groups in total. The van der Waals surface area contributed by atoms with E-state index in [9.17, 15) is 59.3 Å². The van der Waals surface area contributed by atoms with E-state index in [1.807, 2.05) is 93.0 Å². The molecule has 6 aliphatic rings. The Balaban J connectivity index is 0.000000149. The molecule has 114 heavy (non-hydrogen) atoms. The van der Waals surface area contributed by atoms with Gasteiger partial charge in [0.05, 0.1) is 93.8 Å². The van der Waals surface area contributed by atoms with Gasteiger partial charge in [0.1, 0.15) is 42.9 Å². The fourth-order valence-corrected chi connectivity index (χ4v) is 20.2. The zero-order valence-electron chi connectivity index (χ0n) is 61.3. The van der Waals surface area contributed by atoms with E-state index >= 15 is 0 Å². The summed E-state index contributed by atoms with van der Waals surface area (Å²) in [4.78, 5) is 71.5. The Kier molecular flexibility index (Phi) is 26.7. The first-order valence-electron chi connectivity index (χ1n) is 36.1. The molecule has 0 bridgehead atoms. The molecule has 15 rings (SSSR count). The zero-order chi connectivity index (χ0) is 81.2. The van der Waals surface area contributed by atoms with Crippen molar-refractivity contribution in [2.45, 2.75) is 127 Å². The maximum Gasteiger partial charge on any atom is 0.333 e. The third-order valence-corrected chi connectivity index (χ3v) is 26.4. The van der Waals surface area contributed by atoms with Crippen LogP contribution in [0.15, 0.2) is 116 Å². The van der Waals surface area contributed by atoms with Crippen molar-refractivity contribution in [2.75, 3.05) is 50.7 Å². The van der Waals surface area contributed by atoms with Gasteiger partial charge in [-0.3, -0.25) is 31.8 Å². The second-order valence-corrected chi connectivity index (χ2v) is 37.3. The summed E-state index contributed by atoms with van der Waals surface area (Å²) >= 11 is 22.9. The summed E-state index contributed by atoms with van der Waals surface area (Å²) < 4.78 is 102. The minimum absolute atomic E-state index is 0.00702. The average Bonchev–Trinajstić information content (AvgIpc) is 1.68. The molecule has 0 amide bonds. The number of alkyl halides is 1. The lowest BCUT2D eigenvalue weighted by molar-refractivity contribution is 0.0438. The lowest BCUT2D eigenvalue weighted by Gasteiger charge is -2.27. The number of aliphatic hydroxyl groups excluding tert-OH is 3. The molecular weight excluding hydrogens is 1660 g/mol. The van der Waals surface area contributed by atoms with Crippen LogP contribution in [0.1, 0.15) is 162 Å². The summed E-state index contributed by atoms with van der Waals surface area (Å²) in [6.07, 6.45) is 6.79. The number of thiophene rings is 3. The number of ketones is 3. The van der Waals surface area contributed by atoms with E-state index in [0.717, 1.165) is 74.6 Å². The molecule has 9 aromatic rings. The number of aryl methyl sites for hydroxylation is 2. The van der Waals surface area contributed by atoms with E-state index in [1.54, 1.807) is 0 Å². The number of hydrogen-bond donors (Lipinski definition) is 9. The van der Waals surface area contributed by atoms with Gasteiger partial charge in [-0.25, -0.2) is 49.7 Å². The van der Waals surface area contributed by atoms with Crippen LogP contribution < -0.4 is 31.4 Å². The number of anilines is 2. The lowest BCUT2D eigenvalue weighted by atomic mass is 9.90. The number of aliphatic hydroxyl groups is 3. The molecule has 3 aromatic carbocycles. The van der Waals surface area contributed by atoms with Gasteiger partial charge in [0, 0.05) is 86.3 Å². The van der Waals surface area contributed by atoms with Crippen molar-refractivity contribution in [3.8, 4) is 0 Å². The van der Waals surface area contributed by atoms with Gasteiger partial charge in [0.25, 0.3) is 0 Å². The minimum Gasteiger partial charge on any atom is -0.393 e. The van der Waals surface area contributed by atoms with Gasteiger partial charge in [-0.2, -0.15) is 25.3 Å². The Morgan fingerprint density at radius 1 is 0.596 bits per heavy atom. The Morgan fingerprint density at radius 2 is 1.09 bits per heavy atom. The zero-order valence-corrected chi connectivity index (χ0v) is 68.5. The smallest absolute Gasteiger partial charge is 0.333 e. The Bertz CT molecular complexity index is 5440. The van der Waals surface area contributed by atoms with Crippen LogP contribution in [0.4, 0.5) is 16.0 Å². The molecule has 0 spiro atoms. The van der Waals surface area contributed by atoms with Crippen molar-refractivity contribution in [1.29, 1.82) is 0 Å². The van der Waals surface area contributed by atoms with Crippen molar-refractivity contribution in [1.82, 2.24) is 40.1 Å². The van der Waals surface area contributed by atoms with Crippen LogP contribution in [0.25, 0.3) is 0 Å². The molecule has 6 aromatic heterocycles. The van der Waals surface area contributed by atoms with Crippen molar-refractivity contribution in [3.63, 3.8) is 0 Å². The number of hydrogen-bond acceptors (Lipinski definition) is 29. The summed E-state index contributed by atoms with van der Waals surface area (Å²) in [6, 6.07) is 22.7. The molecule has 3 aliphatic carbocycles. The number of benzene rings is 3. The summed E-state index contributed by atoms with van der Waals surface area (Å²) in [7, 11) is -10.4. The number of rotatable bonds is 24. The highest BCUT2D eigenvalue weighted by molar-refractivity contribution is 7.84. The molecule has 3 saturated carbocycles. The Labute approximate surface area is 684 Å². The molecule has 3 unspecified atom stereocenters. The van der Waals surface area contributed by atoms with Gasteiger partial charge in [-0.05, 0) is 188 Å². The summed E-state index contributed by atoms with van der Waals surface area (Å²) in [5.41, 5.74) is 11.0. The van der Waals surface area contributed by atoms with Crippen molar-refractivity contribution in [2.24, 2.45) is 39.1 Å². The van der Waals surface area contributed by atoms with Gasteiger partial charge in [-0.15, -0.1) is 34.0 Å². The molecule has 3 fully saturated rings. The number of carbonyl (C=O) groups excluding carboxylic acids is 3. The van der Waals surface area contributed by atoms with Gasteiger partial charge >= 0.3 is 30.9 Å². The van der Waals surface area contributed by atoms with E-state index in [2.05, 4.69) is 69.4 Å². The van der Waals surface area contributed by atoms with Crippen LogP contribution in [0, 0.1) is 37.5 Å². The first-order valence-corrected chi connectivity index (χ1v) is 44.2. The summed E-state index contributed by atoms with van der Waals surface area (Å²) in [5.74, 6) is -2.31. The Morgan fingerprint density at radius 3 is 1.67 bits per heavy atom. The van der Waals surface area contributed by atoms with E-state index in [4.69, 9.17) is 55.0 Å². The van der Waals surface area contributed by atoms with Crippen LogP contribution in [0.3, 0.4) is 0 Å². The van der Waals surface area contributed by atoms with Gasteiger partial charge in [-0.1, -0.05) is 53.0 Å². The van der Waals surface area contributed by atoms with Gasteiger partial charge in [0.15, 0.2) is 0 Å². The molecule has 39 heteroatoms. The van der Waals surface area contributed by atoms with Crippen LogP contribution in [0.5, 0.6) is 0 Å². The van der Waals surface area contributed by atoms with E-state index in [0.29, 0.717) is 90.4 Å². The molecule has 3 aliphatic heterocycles. The van der Waals surface area contributed by atoms with Crippen molar-refractivity contribution < 1.29 is 76.6 Å². The molecule has 9 heterocycles. The normalized spacial score (nSPS) is 24.0. The fourth-order valence-electron chi connectivity index (χ4n) is 15.7. The molecule has 13 atom stereocenters. The minimum atomic E-state index is -4.22. The maximum atomic E-state index is 15.0. The molecule has 0 saturated heterocycles. The maximum absolute atomic E-state index is 15.0. The predicted molar refractivity (Wildman–Crippen MR) is 427 cm³/mol. The molecule has 29 nitrogen and oxygen atoms in total. The number of ether oxygens (including phenoxy) is 1. The third kappa shape index (κ3) is 20.3. The van der Waals surface area contributed by atoms with Crippen LogP contribution in [-0.4, -0.2) is 169 Å². The second-order valence-electron chi connectivity index (χ2n) is 28.9. The van der Waals surface area contributed by atoms with Crippen LogP contribution >= 0.6 is 68.8 Å². The largest absolute Gasteiger partial charge is 0.393 e. The predicted octanol–water partition coefficient (Wildman–Crippen LogP) is 8.96. The third-order valence-electron chi connectivity index (χ3n) is 21.2. The van der Waals surface area contributed by atoms with E-state index in [-0.39, 0.29) is 79.2 Å². The standard InChI is InChI=1S/C26H27ClFN3O6S2.C25H28ClN5O5S2.C24H26ClN5O5S2/c1-13-18(26-19-8-17(27)3-2-14(19)4-5-36-26)9-22(38-13)25(33)20-10-30-12-31-21(20)7-15-6-16(24(32)23(15)28)11-37-39(29,34)35;1-13-18(23-19-7-16(26)3-2-14(19)4-5-29-23)9-22(37-13)24(33)20-10-28-12-30-25(20)31-17-6-15(21(32)8-17)11-36-38(27,34)35;1-30-9-13-2-3-16(25)6-18(13)22(30)15-5-21(36-11-15)23(32)19-8-27-12-28-24(19)29-17-4-14(20(31)7-17)10-35-37(26,33)34/h2-3,8-10,12,15-16,23-24,26,32H,4-7,11H2,1H3,(H2,29,34,35);2-3,7,9-10,12,15,17,21,23,29,32H,4-6,8,11H2,1H3,(H2,27,34,35)(H,28,30,31);2-3,5-6,8,11-12,14,17,20,22,31H,4,7,9-10H2,1H3,(H2,26,33,34)(H,27,28,29)/t15-,16+,23+,24+,26?;15-,17-,21+,23?;14-,17-,20+,22?/m011/s1. The lowest BCUT2D eigenvalue weighted by Crippen LogP contribution is -2.30. The molecule has 0 radical (unpaired) electrons. The quantitative estimate of drug-likeness (QED) is 0.0255. The number of nitrogens with one attached hydrogen (secondary N) is 3. The topological polar surface area (TPSA) is 446 Å². The van der Waals surface area contributed by atoms with Crippen molar-refractivity contribution >= 4 is 129 Å². The van der Waals surface area contributed by atoms with Gasteiger partial charge in [0.2, 0.25) is 17.3 Å². The number of aromatic nitrogens is 6. The van der Waals surface area contributed by atoms with Crippen LogP contribution in [-0.2, 0) is 74.0 Å². The number of nitrogens with zero attached hydrogens (tertiary/aromatic N) is 7. The monoisotopic (exact) mass is 1740 g/mol. The van der Waals surface area contributed by atoms with E-state index < -0.39 is 85.7 Å². The molecule has 606 valence electrons. The van der Waals surface area contributed by atoms with Crippen molar-refractivity contribution in [3.05, 3.63) is 228 Å². The number of nitrogens with two attached hydrogens (primary N) is 3. The Hall–Kier alpha value is -7.22. The first-order chi connectivity index (χ1) is 54.2. The second kappa shape index (κ2) is 35.9. The van der Waals surface area contributed by atoms with Gasteiger partial charge < -0.3 is 36.0 Å². The summed E-state index contributed by atoms with van der Waals surface area (Å²) in [5, 5.41) is 59.6. The SMILES string of the molecule is CN1Cc2ccc(Cl)cc2C1c1csc(C(=O)c2cncnc2N[C@@H]2C[C@H](COS(N)(=O)=O)[C@@H](O)C2)c1.Cc1sc(C(=O)c2cncnc2C[C@@H]2C[C@H](COS(N)(=O)=O)[C@@H](O)[C@@H]2F)cc1C1OCCc2ccc(Cl)cc21.Cc1sc(C(=O)c2cncnc2N[C@@H]2C[C@H](COS(N)(=O)=O)[C@@H](O)C2)cc1C1NCCc2ccc(Cl)cc21. The summed E-state index contributed by atoms with van der Waals surface area (Å²) in [6.45, 7) is 5.25. The number of fused-ring (bicyclic) bond motifs is 3. The highest BCUT2D eigenvalue weighted by Gasteiger charge is 2.45. The fraction of sp³-hybridized carbons (Fsp3) is 0.400. The number of carbonyl (C=O) groups is 3. The first kappa shape index (κ1) is 84.7. The highest BCUT2D eigenvalue weighted by atomic mass is 35.5. The van der Waals surface area contributed by atoms with Crippen LogP contribution in [0.2, 0.25) is 15.1 Å². The highest BCUT2D eigenvalue weighted by Crippen LogP contribution is 2.45.